The second-order valence-corrected chi connectivity index (χ2v) is 8.84. The number of hydrogen-bond donors (Lipinski definition) is 0. The van der Waals surface area contributed by atoms with Crippen molar-refractivity contribution in [3.63, 3.8) is 0 Å². The molecule has 117 valence electrons. The van der Waals surface area contributed by atoms with Gasteiger partial charge in [0.2, 0.25) is 0 Å². The Kier molecular flexibility index (Phi) is 3.75. The standard InChI is InChI=1S/C22H18OP/c1-2-24(23,21-13-11-17-7-3-5-9-19(17)15-21)22-14-12-18-8-4-6-10-20(18)16-22/h2-16H,1H3. The van der Waals surface area contributed by atoms with Crippen molar-refractivity contribution in [3.8, 4) is 0 Å². The van der Waals surface area contributed by atoms with E-state index < -0.39 is 7.14 Å². The first-order chi connectivity index (χ1) is 11.7. The van der Waals surface area contributed by atoms with Crippen LogP contribution < -0.4 is 10.6 Å². The van der Waals surface area contributed by atoms with Gasteiger partial charge in [-0.25, -0.2) is 0 Å². The van der Waals surface area contributed by atoms with Crippen LogP contribution in [0.1, 0.15) is 6.92 Å². The monoisotopic (exact) mass is 329 g/mol. The first-order valence-corrected chi connectivity index (χ1v) is 9.87. The molecule has 0 N–H and O–H groups in total. The molecule has 0 aliphatic heterocycles. The van der Waals surface area contributed by atoms with Gasteiger partial charge in [-0.3, -0.25) is 0 Å². The van der Waals surface area contributed by atoms with Crippen molar-refractivity contribution < 1.29 is 4.57 Å². The fourth-order valence-electron chi connectivity index (χ4n) is 3.21. The van der Waals surface area contributed by atoms with Crippen LogP contribution in [0.15, 0.2) is 84.9 Å². The van der Waals surface area contributed by atoms with E-state index in [1.165, 1.54) is 10.8 Å². The summed E-state index contributed by atoms with van der Waals surface area (Å²) >= 11 is 0. The van der Waals surface area contributed by atoms with Crippen LogP contribution in [0.4, 0.5) is 0 Å². The number of benzene rings is 4. The van der Waals surface area contributed by atoms with Gasteiger partial charge in [-0.1, -0.05) is 79.7 Å². The molecule has 1 nitrogen and oxygen atoms in total. The zero-order chi connectivity index (χ0) is 16.6. The summed E-state index contributed by atoms with van der Waals surface area (Å²) in [4.78, 5) is 0. The molecule has 24 heavy (non-hydrogen) atoms. The van der Waals surface area contributed by atoms with E-state index in [-0.39, 0.29) is 0 Å². The third-order valence-electron chi connectivity index (χ3n) is 4.60. The van der Waals surface area contributed by atoms with Crippen LogP contribution in [0, 0.1) is 6.16 Å². The first kappa shape index (κ1) is 15.2. The summed E-state index contributed by atoms with van der Waals surface area (Å²) in [5.41, 5.74) is 0. The molecular formula is C22H18OP. The molecular weight excluding hydrogens is 311 g/mol. The van der Waals surface area contributed by atoms with Crippen LogP contribution in [0.25, 0.3) is 21.5 Å². The Morgan fingerprint density at radius 2 is 1.04 bits per heavy atom. The molecule has 0 atom stereocenters. The zero-order valence-corrected chi connectivity index (χ0v) is 14.4. The average molecular weight is 329 g/mol. The van der Waals surface area contributed by atoms with E-state index in [1.54, 1.807) is 0 Å². The highest BCUT2D eigenvalue weighted by Gasteiger charge is 2.25. The molecule has 0 aliphatic carbocycles. The maximum Gasteiger partial charge on any atom is 0.146 e. The lowest BCUT2D eigenvalue weighted by atomic mass is 10.1. The molecule has 0 aliphatic rings. The highest BCUT2D eigenvalue weighted by atomic mass is 31.2. The second-order valence-electron chi connectivity index (χ2n) is 5.98. The summed E-state index contributed by atoms with van der Waals surface area (Å²) in [6.07, 6.45) is 1.86. The molecule has 0 fully saturated rings. The summed E-state index contributed by atoms with van der Waals surface area (Å²) in [6.45, 7) is 1.89. The van der Waals surface area contributed by atoms with Gasteiger partial charge in [-0.05, 0) is 33.7 Å². The second kappa shape index (κ2) is 5.92. The van der Waals surface area contributed by atoms with Crippen LogP contribution in [0.3, 0.4) is 0 Å². The topological polar surface area (TPSA) is 17.1 Å². The van der Waals surface area contributed by atoms with Crippen LogP contribution in [0.2, 0.25) is 0 Å². The fraction of sp³-hybridized carbons (Fsp3) is 0.0455. The Balaban J connectivity index is 1.91. The van der Waals surface area contributed by atoms with E-state index in [2.05, 4.69) is 48.5 Å². The molecule has 4 aromatic rings. The molecule has 0 saturated carbocycles. The summed E-state index contributed by atoms with van der Waals surface area (Å²) in [5.74, 6) is 0. The molecule has 0 bridgehead atoms. The van der Waals surface area contributed by atoms with Gasteiger partial charge in [-0.15, -0.1) is 0 Å². The molecule has 0 saturated heterocycles. The SMILES string of the molecule is C[CH]P(=O)(c1ccc2ccccc2c1)c1ccc2ccccc2c1. The minimum Gasteiger partial charge on any atom is -0.313 e. The third kappa shape index (κ3) is 2.46. The molecule has 2 heteroatoms. The van der Waals surface area contributed by atoms with E-state index >= 15 is 0 Å². The van der Waals surface area contributed by atoms with Crippen molar-refractivity contribution in [2.45, 2.75) is 6.92 Å². The molecule has 4 rings (SSSR count). The van der Waals surface area contributed by atoms with Gasteiger partial charge in [0.15, 0.2) is 0 Å². The zero-order valence-electron chi connectivity index (χ0n) is 13.5. The van der Waals surface area contributed by atoms with Gasteiger partial charge in [0.25, 0.3) is 0 Å². The van der Waals surface area contributed by atoms with E-state index in [0.29, 0.717) is 0 Å². The van der Waals surface area contributed by atoms with Crippen molar-refractivity contribution in [1.29, 1.82) is 0 Å². The lowest BCUT2D eigenvalue weighted by Gasteiger charge is -2.18. The van der Waals surface area contributed by atoms with Gasteiger partial charge in [-0.2, -0.15) is 0 Å². The molecule has 1 radical (unpaired) electrons. The maximum absolute atomic E-state index is 13.8. The van der Waals surface area contributed by atoms with Crippen molar-refractivity contribution in [3.05, 3.63) is 91.1 Å². The fourth-order valence-corrected chi connectivity index (χ4v) is 5.36. The Hall–Kier alpha value is -2.37. The highest BCUT2D eigenvalue weighted by molar-refractivity contribution is 7.80. The number of fused-ring (bicyclic) bond motifs is 2. The quantitative estimate of drug-likeness (QED) is 0.454. The van der Waals surface area contributed by atoms with Crippen LogP contribution in [0.5, 0.6) is 0 Å². The van der Waals surface area contributed by atoms with Gasteiger partial charge in [0.1, 0.15) is 7.14 Å². The first-order valence-electron chi connectivity index (χ1n) is 8.10. The molecule has 4 aromatic carbocycles. The van der Waals surface area contributed by atoms with Gasteiger partial charge in [0.05, 0.1) is 0 Å². The van der Waals surface area contributed by atoms with Gasteiger partial charge >= 0.3 is 0 Å². The predicted molar refractivity (Wildman–Crippen MR) is 105 cm³/mol. The smallest absolute Gasteiger partial charge is 0.146 e. The molecule has 0 heterocycles. The minimum atomic E-state index is -2.74. The van der Waals surface area contributed by atoms with Crippen molar-refractivity contribution in [2.24, 2.45) is 0 Å². The minimum absolute atomic E-state index is 0.888. The molecule has 0 aromatic heterocycles. The molecule has 0 amide bonds. The van der Waals surface area contributed by atoms with E-state index in [4.69, 9.17) is 0 Å². The Morgan fingerprint density at radius 1 is 0.625 bits per heavy atom. The maximum atomic E-state index is 13.8. The van der Waals surface area contributed by atoms with Gasteiger partial charge < -0.3 is 4.57 Å². The van der Waals surface area contributed by atoms with Crippen molar-refractivity contribution in [1.82, 2.24) is 0 Å². The Morgan fingerprint density at radius 3 is 1.46 bits per heavy atom. The van der Waals surface area contributed by atoms with Crippen LogP contribution in [-0.2, 0) is 4.57 Å². The van der Waals surface area contributed by atoms with E-state index in [0.717, 1.165) is 21.4 Å². The number of hydrogen-bond acceptors (Lipinski definition) is 1. The van der Waals surface area contributed by atoms with E-state index in [9.17, 15) is 4.57 Å². The summed E-state index contributed by atoms with van der Waals surface area (Å²) in [7, 11) is -2.74. The summed E-state index contributed by atoms with van der Waals surface area (Å²) < 4.78 is 13.8. The Labute approximate surface area is 142 Å². The lowest BCUT2D eigenvalue weighted by molar-refractivity contribution is 0.590. The Bertz CT molecular complexity index is 998. The van der Waals surface area contributed by atoms with Gasteiger partial charge in [0, 0.05) is 16.8 Å². The average Bonchev–Trinajstić information content (AvgIpc) is 2.66. The molecule has 0 spiro atoms. The van der Waals surface area contributed by atoms with Crippen LogP contribution >= 0.6 is 7.14 Å². The number of rotatable bonds is 3. The van der Waals surface area contributed by atoms with Crippen molar-refractivity contribution in [2.75, 3.05) is 0 Å². The summed E-state index contributed by atoms with van der Waals surface area (Å²) in [5, 5.41) is 6.36. The lowest BCUT2D eigenvalue weighted by Crippen LogP contribution is -2.15. The van der Waals surface area contributed by atoms with E-state index in [1.807, 2.05) is 49.5 Å². The van der Waals surface area contributed by atoms with Crippen LogP contribution in [-0.4, -0.2) is 0 Å². The normalized spacial score (nSPS) is 11.9. The summed E-state index contributed by atoms with van der Waals surface area (Å²) in [6, 6.07) is 28.6. The molecule has 0 unspecified atom stereocenters. The third-order valence-corrected chi connectivity index (χ3v) is 7.41. The predicted octanol–water partition coefficient (Wildman–Crippen LogP) is 5.49. The van der Waals surface area contributed by atoms with Crippen molar-refractivity contribution >= 4 is 39.3 Å². The highest BCUT2D eigenvalue weighted by Crippen LogP contribution is 2.47. The largest absolute Gasteiger partial charge is 0.313 e.